The van der Waals surface area contributed by atoms with Gasteiger partial charge in [-0.05, 0) is 48.8 Å². The monoisotopic (exact) mass is 367 g/mol. The maximum Gasteiger partial charge on any atom is 0.145 e. The number of nitrogens with one attached hydrogen (secondary N) is 1. The summed E-state index contributed by atoms with van der Waals surface area (Å²) in [5.74, 6) is -0.0273. The highest BCUT2D eigenvalue weighted by Gasteiger charge is 2.07. The molecule has 1 N–H and O–H groups in total. The Morgan fingerprint density at radius 3 is 2.75 bits per heavy atom. The van der Waals surface area contributed by atoms with Gasteiger partial charge in [0, 0.05) is 19.2 Å². The van der Waals surface area contributed by atoms with Crippen LogP contribution in [0, 0.1) is 5.82 Å². The third-order valence-electron chi connectivity index (χ3n) is 2.46. The summed E-state index contributed by atoms with van der Waals surface area (Å²) in [6, 6.07) is 2.77. The molecular formula is C14H20BrClFNO2. The Labute approximate surface area is 132 Å². The highest BCUT2D eigenvalue weighted by atomic mass is 79.9. The zero-order valence-electron chi connectivity index (χ0n) is 11.7. The van der Waals surface area contributed by atoms with Crippen molar-refractivity contribution in [3.63, 3.8) is 0 Å². The van der Waals surface area contributed by atoms with Gasteiger partial charge in [-0.1, -0.05) is 11.6 Å². The Kier molecular flexibility index (Phi) is 8.45. The maximum atomic E-state index is 13.3. The lowest BCUT2D eigenvalue weighted by molar-refractivity contribution is 0.0770. The predicted octanol–water partition coefficient (Wildman–Crippen LogP) is 4.03. The second-order valence-corrected chi connectivity index (χ2v) is 5.83. The van der Waals surface area contributed by atoms with Crippen LogP contribution in [0.25, 0.3) is 0 Å². The Hall–Kier alpha value is -0.360. The summed E-state index contributed by atoms with van der Waals surface area (Å²) in [5, 5.41) is 3.31. The topological polar surface area (TPSA) is 30.5 Å². The quantitative estimate of drug-likeness (QED) is 0.527. The van der Waals surface area contributed by atoms with Crippen molar-refractivity contribution in [1.29, 1.82) is 0 Å². The highest BCUT2D eigenvalue weighted by Crippen LogP contribution is 2.30. The van der Waals surface area contributed by atoms with E-state index in [2.05, 4.69) is 21.2 Å². The molecule has 0 saturated heterocycles. The summed E-state index contributed by atoms with van der Waals surface area (Å²) in [6.07, 6.45) is 1.23. The molecule has 6 heteroatoms. The third kappa shape index (κ3) is 6.88. The van der Waals surface area contributed by atoms with Crippen molar-refractivity contribution in [3.8, 4) is 5.75 Å². The number of rotatable bonds is 9. The fraction of sp³-hybridized carbons (Fsp3) is 0.571. The van der Waals surface area contributed by atoms with Gasteiger partial charge < -0.3 is 14.8 Å². The highest BCUT2D eigenvalue weighted by molar-refractivity contribution is 9.10. The van der Waals surface area contributed by atoms with Gasteiger partial charge in [-0.25, -0.2) is 4.39 Å². The van der Waals surface area contributed by atoms with Gasteiger partial charge in [0.1, 0.15) is 18.2 Å². The van der Waals surface area contributed by atoms with E-state index >= 15 is 0 Å². The van der Waals surface area contributed by atoms with Crippen molar-refractivity contribution in [2.45, 2.75) is 26.4 Å². The van der Waals surface area contributed by atoms with Crippen LogP contribution in [0.15, 0.2) is 16.6 Å². The van der Waals surface area contributed by atoms with Gasteiger partial charge >= 0.3 is 0 Å². The van der Waals surface area contributed by atoms with E-state index in [0.717, 1.165) is 19.6 Å². The number of ether oxygens (including phenoxy) is 2. The number of halogens is 3. The molecule has 20 heavy (non-hydrogen) atoms. The van der Waals surface area contributed by atoms with Gasteiger partial charge in [-0.3, -0.25) is 0 Å². The molecule has 1 aromatic carbocycles. The molecule has 0 heterocycles. The zero-order valence-corrected chi connectivity index (χ0v) is 14.1. The van der Waals surface area contributed by atoms with Gasteiger partial charge in [0.05, 0.1) is 15.6 Å². The van der Waals surface area contributed by atoms with E-state index in [1.807, 2.05) is 13.8 Å². The molecular weight excluding hydrogens is 349 g/mol. The summed E-state index contributed by atoms with van der Waals surface area (Å²) in [6.45, 7) is 6.81. The number of hydrogen-bond donors (Lipinski definition) is 1. The molecule has 0 spiro atoms. The molecule has 0 fully saturated rings. The standard InChI is InChI=1S/C14H20BrClFNO2/c1-10(2)19-6-3-4-18-5-7-20-14-9-13(17)12(16)8-11(14)15/h8-10,18H,3-7H2,1-2H3. The molecule has 0 aliphatic carbocycles. The molecule has 3 nitrogen and oxygen atoms in total. The second kappa shape index (κ2) is 9.55. The number of hydrogen-bond acceptors (Lipinski definition) is 3. The first-order chi connectivity index (χ1) is 9.50. The maximum absolute atomic E-state index is 13.3. The van der Waals surface area contributed by atoms with E-state index in [0.29, 0.717) is 23.4 Å². The fourth-order valence-corrected chi connectivity index (χ4v) is 2.24. The average Bonchev–Trinajstić information content (AvgIpc) is 2.38. The first-order valence-electron chi connectivity index (χ1n) is 6.60. The predicted molar refractivity (Wildman–Crippen MR) is 83.2 cm³/mol. The fourth-order valence-electron chi connectivity index (χ4n) is 1.49. The van der Waals surface area contributed by atoms with Crippen LogP contribution < -0.4 is 10.1 Å². The van der Waals surface area contributed by atoms with Crippen LogP contribution in [-0.2, 0) is 4.74 Å². The molecule has 1 rings (SSSR count). The van der Waals surface area contributed by atoms with E-state index in [-0.39, 0.29) is 11.1 Å². The largest absolute Gasteiger partial charge is 0.491 e. The van der Waals surface area contributed by atoms with E-state index < -0.39 is 5.82 Å². The Bertz CT molecular complexity index is 418. The average molecular weight is 369 g/mol. The summed E-state index contributed by atoms with van der Waals surface area (Å²) in [5.41, 5.74) is 0. The molecule has 0 aliphatic heterocycles. The van der Waals surface area contributed by atoms with Crippen molar-refractivity contribution in [3.05, 3.63) is 27.4 Å². The smallest absolute Gasteiger partial charge is 0.145 e. The third-order valence-corrected chi connectivity index (χ3v) is 3.37. The SMILES string of the molecule is CC(C)OCCCNCCOc1cc(F)c(Cl)cc1Br. The molecule has 0 saturated carbocycles. The van der Waals surface area contributed by atoms with Crippen LogP contribution in [-0.4, -0.2) is 32.4 Å². The van der Waals surface area contributed by atoms with Crippen molar-refractivity contribution in [1.82, 2.24) is 5.32 Å². The summed E-state index contributed by atoms with van der Waals surface area (Å²) < 4.78 is 24.8. The lowest BCUT2D eigenvalue weighted by atomic mass is 10.3. The minimum atomic E-state index is -0.483. The lowest BCUT2D eigenvalue weighted by Crippen LogP contribution is -2.23. The zero-order chi connectivity index (χ0) is 15.0. The Morgan fingerprint density at radius 1 is 1.30 bits per heavy atom. The van der Waals surface area contributed by atoms with Crippen LogP contribution in [0.4, 0.5) is 4.39 Å². The van der Waals surface area contributed by atoms with Gasteiger partial charge in [0.15, 0.2) is 0 Å². The van der Waals surface area contributed by atoms with E-state index in [9.17, 15) is 4.39 Å². The lowest BCUT2D eigenvalue weighted by Gasteiger charge is -2.10. The van der Waals surface area contributed by atoms with Crippen LogP contribution in [0.2, 0.25) is 5.02 Å². The molecule has 114 valence electrons. The molecule has 0 bridgehead atoms. The Morgan fingerprint density at radius 2 is 2.05 bits per heavy atom. The van der Waals surface area contributed by atoms with E-state index in [1.165, 1.54) is 12.1 Å². The Balaban J connectivity index is 2.14. The van der Waals surface area contributed by atoms with Gasteiger partial charge in [-0.15, -0.1) is 0 Å². The molecule has 0 aliphatic rings. The van der Waals surface area contributed by atoms with Gasteiger partial charge in [0.25, 0.3) is 0 Å². The van der Waals surface area contributed by atoms with Gasteiger partial charge in [0.2, 0.25) is 0 Å². The molecule has 0 radical (unpaired) electrons. The normalized spacial score (nSPS) is 11.1. The molecule has 0 unspecified atom stereocenters. The minimum absolute atomic E-state index is 0.0764. The molecule has 0 atom stereocenters. The summed E-state index contributed by atoms with van der Waals surface area (Å²) in [4.78, 5) is 0. The minimum Gasteiger partial charge on any atom is -0.491 e. The van der Waals surface area contributed by atoms with Crippen molar-refractivity contribution >= 4 is 27.5 Å². The second-order valence-electron chi connectivity index (χ2n) is 4.57. The van der Waals surface area contributed by atoms with E-state index in [1.54, 1.807) is 0 Å². The van der Waals surface area contributed by atoms with E-state index in [4.69, 9.17) is 21.1 Å². The first kappa shape index (κ1) is 17.7. The van der Waals surface area contributed by atoms with Crippen LogP contribution in [0.5, 0.6) is 5.75 Å². The number of benzene rings is 1. The molecule has 0 amide bonds. The van der Waals surface area contributed by atoms with Crippen LogP contribution in [0.1, 0.15) is 20.3 Å². The molecule has 0 aromatic heterocycles. The van der Waals surface area contributed by atoms with Gasteiger partial charge in [-0.2, -0.15) is 0 Å². The first-order valence-corrected chi connectivity index (χ1v) is 7.77. The van der Waals surface area contributed by atoms with Crippen molar-refractivity contribution in [2.75, 3.05) is 26.3 Å². The van der Waals surface area contributed by atoms with Crippen LogP contribution >= 0.6 is 27.5 Å². The molecule has 1 aromatic rings. The van der Waals surface area contributed by atoms with Crippen molar-refractivity contribution in [2.24, 2.45) is 0 Å². The van der Waals surface area contributed by atoms with Crippen molar-refractivity contribution < 1.29 is 13.9 Å². The summed E-state index contributed by atoms with van der Waals surface area (Å²) >= 11 is 8.94. The van der Waals surface area contributed by atoms with Crippen LogP contribution in [0.3, 0.4) is 0 Å². The summed E-state index contributed by atoms with van der Waals surface area (Å²) in [7, 11) is 0.